The minimum atomic E-state index is -4.36. The second-order valence-corrected chi connectivity index (χ2v) is 18.6. The average molecular weight is 796 g/mol. The summed E-state index contributed by atoms with van der Waals surface area (Å²) in [7, 11) is -6.78. The van der Waals surface area contributed by atoms with E-state index in [0.29, 0.717) is 19.5 Å². The van der Waals surface area contributed by atoms with E-state index in [1.807, 2.05) is 30.3 Å². The van der Waals surface area contributed by atoms with Gasteiger partial charge in [-0.2, -0.15) is 13.0 Å². The van der Waals surface area contributed by atoms with Gasteiger partial charge >= 0.3 is 0 Å². The van der Waals surface area contributed by atoms with E-state index in [4.69, 9.17) is 4.74 Å². The van der Waals surface area contributed by atoms with E-state index in [0.717, 1.165) is 52.2 Å². The van der Waals surface area contributed by atoms with Crippen molar-refractivity contribution >= 4 is 86.7 Å². The number of hydrogen-bond acceptors (Lipinski definition) is 11. The zero-order chi connectivity index (χ0) is 37.5. The molecule has 2 aromatic carbocycles. The van der Waals surface area contributed by atoms with E-state index in [9.17, 15) is 25.9 Å². The number of methoxy groups -OCH3 is 1. The summed E-state index contributed by atoms with van der Waals surface area (Å²) in [5, 5.41) is 3.82. The third-order valence-electron chi connectivity index (χ3n) is 8.87. The van der Waals surface area contributed by atoms with Gasteiger partial charge in [-0.3, -0.25) is 4.55 Å². The number of aryl methyl sites for hydroxylation is 3. The zero-order valence-corrected chi connectivity index (χ0v) is 34.5. The first-order valence-corrected chi connectivity index (χ1v) is 22.8. The second kappa shape index (κ2) is 18.0. The number of rotatable bonds is 15. The maximum Gasteiger partial charge on any atom is 0.280 e. The Morgan fingerprint density at radius 2 is 1.67 bits per heavy atom. The monoisotopic (exact) mass is 795 g/mol. The van der Waals surface area contributed by atoms with Gasteiger partial charge < -0.3 is 19.1 Å². The van der Waals surface area contributed by atoms with Crippen LogP contribution in [0.25, 0.3) is 26.4 Å². The van der Waals surface area contributed by atoms with Crippen LogP contribution in [0.2, 0.25) is 0 Å². The standard InChI is InChI=1S/C30H34N2O7S5.C6H15N/c1-5-21(17-27-32(13-9-15-44(36,37)38)30-29(42-27)19(2)20(3)40-30)16-26-31(12-8-14-43(33,34)35)28-23-11-7-6-10-22(23)24(39-4)18-25(28)41-26;1-4-7(5-2)6-3/h6-7,10-11,16-18H,5,8-9,12-15H2,1-4H3,(H-,33,34,35,36,37,38);4-6H2,1-3H3. The average Bonchev–Trinajstić information content (AvgIpc) is 3.69. The molecule has 1 aliphatic rings. The van der Waals surface area contributed by atoms with Gasteiger partial charge in [0.15, 0.2) is 6.54 Å². The molecule has 0 unspecified atom stereocenters. The van der Waals surface area contributed by atoms with Crippen LogP contribution in [-0.4, -0.2) is 75.6 Å². The van der Waals surface area contributed by atoms with Crippen LogP contribution in [0.1, 0.15) is 62.4 Å². The van der Waals surface area contributed by atoms with Crippen LogP contribution in [0, 0.1) is 13.8 Å². The largest absolute Gasteiger partial charge is 0.748 e. The van der Waals surface area contributed by atoms with Gasteiger partial charge in [0, 0.05) is 45.3 Å². The van der Waals surface area contributed by atoms with Gasteiger partial charge in [0.2, 0.25) is 0 Å². The van der Waals surface area contributed by atoms with Crippen molar-refractivity contribution in [2.45, 2.75) is 72.2 Å². The number of allylic oxidation sites excluding steroid dienone is 2. The molecule has 4 aromatic rings. The fourth-order valence-corrected chi connectivity index (χ4v) is 10.8. The Morgan fingerprint density at radius 3 is 2.24 bits per heavy atom. The molecular weight excluding hydrogens is 747 g/mol. The van der Waals surface area contributed by atoms with E-state index >= 15 is 0 Å². The van der Waals surface area contributed by atoms with E-state index < -0.39 is 26.0 Å². The van der Waals surface area contributed by atoms with Gasteiger partial charge in [-0.25, -0.2) is 8.42 Å². The number of ether oxygens (including phenoxy) is 1. The zero-order valence-electron chi connectivity index (χ0n) is 30.4. The fraction of sp³-hybridized carbons (Fsp3) is 0.472. The highest BCUT2D eigenvalue weighted by Gasteiger charge is 2.30. The van der Waals surface area contributed by atoms with Crippen molar-refractivity contribution in [1.29, 1.82) is 0 Å². The first-order chi connectivity index (χ1) is 24.1. The number of thioether (sulfide) groups is 1. The Labute approximate surface area is 315 Å². The summed E-state index contributed by atoms with van der Waals surface area (Å²) in [6.07, 6.45) is 5.40. The Bertz CT molecular complexity index is 2110. The minimum absolute atomic E-state index is 0.183. The highest BCUT2D eigenvalue weighted by Crippen LogP contribution is 2.52. The number of fused-ring (bicyclic) bond motifs is 4. The van der Waals surface area contributed by atoms with E-state index in [2.05, 4.69) is 68.1 Å². The molecule has 1 N–H and O–H groups in total. The highest BCUT2D eigenvalue weighted by molar-refractivity contribution is 8.03. The fourth-order valence-electron chi connectivity index (χ4n) is 5.94. The number of benzene rings is 2. The third-order valence-corrected chi connectivity index (χ3v) is 14.2. The predicted molar refractivity (Wildman–Crippen MR) is 213 cm³/mol. The number of hydrogen-bond donors (Lipinski definition) is 1. The predicted octanol–water partition coefficient (Wildman–Crippen LogP) is 7.84. The number of aromatic nitrogens is 1. The van der Waals surface area contributed by atoms with Crippen molar-refractivity contribution in [2.75, 3.05) is 49.7 Å². The maximum absolute atomic E-state index is 11.4. The molecule has 2 aromatic heterocycles. The lowest BCUT2D eigenvalue weighted by Crippen LogP contribution is -2.35. The lowest BCUT2D eigenvalue weighted by atomic mass is 10.1. The lowest BCUT2D eigenvalue weighted by Gasteiger charge is -2.23. The molecule has 0 saturated carbocycles. The van der Waals surface area contributed by atoms with E-state index in [1.165, 1.54) is 30.1 Å². The van der Waals surface area contributed by atoms with E-state index in [1.54, 1.807) is 41.5 Å². The summed E-state index contributed by atoms with van der Waals surface area (Å²) < 4.78 is 75.5. The van der Waals surface area contributed by atoms with Crippen LogP contribution in [0.3, 0.4) is 0 Å². The van der Waals surface area contributed by atoms with E-state index in [-0.39, 0.29) is 18.6 Å². The molecular formula is C36H49N3O7S5. The first-order valence-electron chi connectivity index (χ1n) is 17.1. The molecule has 51 heavy (non-hydrogen) atoms. The maximum atomic E-state index is 11.4. The Kier molecular flexibility index (Phi) is 14.6. The smallest absolute Gasteiger partial charge is 0.280 e. The van der Waals surface area contributed by atoms with Crippen LogP contribution in [0.4, 0.5) is 5.69 Å². The molecule has 0 saturated heterocycles. The van der Waals surface area contributed by atoms with Crippen molar-refractivity contribution in [1.82, 2.24) is 4.90 Å². The van der Waals surface area contributed by atoms with Crippen molar-refractivity contribution in [3.05, 3.63) is 62.5 Å². The number of thiazole rings is 1. The molecule has 5 rings (SSSR count). The molecule has 0 amide bonds. The molecule has 0 aliphatic carbocycles. The van der Waals surface area contributed by atoms with Gasteiger partial charge in [0.25, 0.3) is 20.0 Å². The molecule has 3 heterocycles. The van der Waals surface area contributed by atoms with Gasteiger partial charge in [-0.15, -0.1) is 0 Å². The number of nitrogens with zero attached hydrogens (tertiary/aromatic N) is 3. The molecule has 1 aliphatic heterocycles. The summed E-state index contributed by atoms with van der Waals surface area (Å²) in [4.78, 5) is 7.74. The third kappa shape index (κ3) is 10.6. The first kappa shape index (κ1) is 41.3. The van der Waals surface area contributed by atoms with Crippen molar-refractivity contribution in [2.24, 2.45) is 0 Å². The van der Waals surface area contributed by atoms with Crippen LogP contribution >= 0.6 is 34.4 Å². The Hall–Kier alpha value is -2.50. The number of anilines is 1. The Balaban J connectivity index is 0.000000755. The van der Waals surface area contributed by atoms with Gasteiger partial charge in [-0.1, -0.05) is 86.4 Å². The molecule has 15 heteroatoms. The normalized spacial score (nSPS) is 14.5. The molecule has 0 radical (unpaired) electrons. The summed E-state index contributed by atoms with van der Waals surface area (Å²) in [6.45, 7) is 17.2. The van der Waals surface area contributed by atoms with Crippen LogP contribution in [0.15, 0.2) is 51.9 Å². The van der Waals surface area contributed by atoms with Gasteiger partial charge in [-0.05, 0) is 69.6 Å². The second-order valence-electron chi connectivity index (χ2n) is 12.2. The highest BCUT2D eigenvalue weighted by atomic mass is 32.2. The molecule has 10 nitrogen and oxygen atoms in total. The summed E-state index contributed by atoms with van der Waals surface area (Å²) in [5.74, 6) is -0.0125. The van der Waals surface area contributed by atoms with Crippen molar-refractivity contribution < 1.29 is 35.2 Å². The molecule has 0 spiro atoms. The Morgan fingerprint density at radius 1 is 1.00 bits per heavy atom. The quantitative estimate of drug-likeness (QED) is 0.0938. The minimum Gasteiger partial charge on any atom is -0.748 e. The van der Waals surface area contributed by atoms with Crippen molar-refractivity contribution in [3.63, 3.8) is 0 Å². The topological polar surface area (TPSA) is 131 Å². The number of thiophene rings is 1. The van der Waals surface area contributed by atoms with Gasteiger partial charge in [0.1, 0.15) is 10.4 Å². The lowest BCUT2D eigenvalue weighted by molar-refractivity contribution is -0.666. The molecule has 0 atom stereocenters. The molecule has 280 valence electrons. The van der Waals surface area contributed by atoms with Crippen LogP contribution in [-0.2, 0) is 26.8 Å². The van der Waals surface area contributed by atoms with Crippen LogP contribution < -0.4 is 14.2 Å². The molecule has 0 fully saturated rings. The summed E-state index contributed by atoms with van der Waals surface area (Å²) in [5.41, 5.74) is 3.20. The van der Waals surface area contributed by atoms with Crippen LogP contribution in [0.5, 0.6) is 5.75 Å². The summed E-state index contributed by atoms with van der Waals surface area (Å²) in [6, 6.07) is 9.91. The molecule has 0 bridgehead atoms. The van der Waals surface area contributed by atoms with Crippen molar-refractivity contribution in [3.8, 4) is 5.75 Å². The van der Waals surface area contributed by atoms with Gasteiger partial charge in [0.05, 0.1) is 33.7 Å². The summed E-state index contributed by atoms with van der Waals surface area (Å²) >= 11 is 4.91. The SMILES string of the molecule is CCC(=C\c1sc2c(C)c(C)sc2[n+]1CCCS(=O)(=O)O)/C=C1/Sc2cc(OC)c3ccccc3c2N1CCCS(=O)(=O)[O-].CCN(CC)CC.